The van der Waals surface area contributed by atoms with Crippen LogP contribution in [0.5, 0.6) is 11.5 Å². The minimum absolute atomic E-state index is 0.167. The zero-order valence-electron chi connectivity index (χ0n) is 14.9. The first-order chi connectivity index (χ1) is 11.4. The molecule has 1 rings (SSSR count). The number of carbonyl (C=O) groups excluding carboxylic acids is 1. The van der Waals surface area contributed by atoms with Gasteiger partial charge in [-0.05, 0) is 44.9 Å². The average Bonchev–Trinajstić information content (AvgIpc) is 2.57. The largest absolute Gasteiger partial charge is 0.490 e. The Morgan fingerprint density at radius 3 is 2.42 bits per heavy atom. The van der Waals surface area contributed by atoms with Crippen molar-refractivity contribution in [2.75, 3.05) is 19.8 Å². The van der Waals surface area contributed by atoms with E-state index in [-0.39, 0.29) is 18.5 Å². The Morgan fingerprint density at radius 1 is 1.17 bits per heavy atom. The average molecular weight is 337 g/mol. The highest BCUT2D eigenvalue weighted by atomic mass is 16.5. The van der Waals surface area contributed by atoms with Gasteiger partial charge in [-0.1, -0.05) is 13.8 Å². The normalized spacial score (nSPS) is 11.7. The topological polar surface area (TPSA) is 76.1 Å². The Hall–Kier alpha value is -2.24. The highest BCUT2D eigenvalue weighted by molar-refractivity contribution is 5.96. The SMILES string of the molecule is CCCOc1ccc(C(=O)N(CC(=O)O)C(C)CC)cc1OCC. The van der Waals surface area contributed by atoms with E-state index in [0.717, 1.165) is 6.42 Å². The summed E-state index contributed by atoms with van der Waals surface area (Å²) in [5.41, 5.74) is 0.392. The van der Waals surface area contributed by atoms with E-state index in [4.69, 9.17) is 14.6 Å². The minimum Gasteiger partial charge on any atom is -0.490 e. The lowest BCUT2D eigenvalue weighted by atomic mass is 10.1. The maximum atomic E-state index is 12.7. The molecule has 0 fully saturated rings. The van der Waals surface area contributed by atoms with Gasteiger partial charge in [-0.25, -0.2) is 0 Å². The number of ether oxygens (including phenoxy) is 2. The quantitative estimate of drug-likeness (QED) is 0.709. The molecule has 6 nitrogen and oxygen atoms in total. The van der Waals surface area contributed by atoms with Crippen molar-refractivity contribution < 1.29 is 24.2 Å². The number of nitrogens with zero attached hydrogens (tertiary/aromatic N) is 1. The summed E-state index contributed by atoms with van der Waals surface area (Å²) in [6.07, 6.45) is 1.54. The van der Waals surface area contributed by atoms with Gasteiger partial charge in [0.25, 0.3) is 5.91 Å². The molecule has 0 saturated carbocycles. The Labute approximate surface area is 143 Å². The fraction of sp³-hybridized carbons (Fsp3) is 0.556. The lowest BCUT2D eigenvalue weighted by Gasteiger charge is -2.27. The van der Waals surface area contributed by atoms with E-state index in [1.54, 1.807) is 18.2 Å². The van der Waals surface area contributed by atoms with Crippen LogP contribution in [0, 0.1) is 0 Å². The Bertz CT molecular complexity index is 558. The number of carboxylic acids is 1. The summed E-state index contributed by atoms with van der Waals surface area (Å²) in [4.78, 5) is 25.2. The van der Waals surface area contributed by atoms with Crippen molar-refractivity contribution in [2.45, 2.75) is 46.6 Å². The van der Waals surface area contributed by atoms with Gasteiger partial charge in [0.05, 0.1) is 13.2 Å². The molecule has 1 aromatic rings. The van der Waals surface area contributed by atoms with Crippen molar-refractivity contribution in [1.29, 1.82) is 0 Å². The smallest absolute Gasteiger partial charge is 0.323 e. The lowest BCUT2D eigenvalue weighted by molar-refractivity contribution is -0.138. The molecule has 0 spiro atoms. The second-order valence-corrected chi connectivity index (χ2v) is 5.53. The number of hydrogen-bond acceptors (Lipinski definition) is 4. The molecule has 0 aliphatic rings. The zero-order valence-corrected chi connectivity index (χ0v) is 14.9. The van der Waals surface area contributed by atoms with Crippen molar-refractivity contribution in [3.8, 4) is 11.5 Å². The molecule has 0 radical (unpaired) electrons. The van der Waals surface area contributed by atoms with Crippen LogP contribution in [0.2, 0.25) is 0 Å². The van der Waals surface area contributed by atoms with Gasteiger partial charge in [0.2, 0.25) is 0 Å². The predicted molar refractivity (Wildman–Crippen MR) is 91.8 cm³/mol. The molecule has 0 aromatic heterocycles. The molecule has 0 aliphatic heterocycles. The molecule has 1 amide bonds. The van der Waals surface area contributed by atoms with Crippen LogP contribution >= 0.6 is 0 Å². The number of benzene rings is 1. The monoisotopic (exact) mass is 337 g/mol. The van der Waals surface area contributed by atoms with E-state index in [2.05, 4.69) is 0 Å². The summed E-state index contributed by atoms with van der Waals surface area (Å²) in [6, 6.07) is 4.80. The van der Waals surface area contributed by atoms with E-state index in [0.29, 0.717) is 36.7 Å². The first-order valence-electron chi connectivity index (χ1n) is 8.36. The number of carboxylic acid groups (broad SMARTS) is 1. The van der Waals surface area contributed by atoms with Crippen LogP contribution in [0.1, 0.15) is 50.9 Å². The van der Waals surface area contributed by atoms with Crippen molar-refractivity contribution in [3.63, 3.8) is 0 Å². The molecule has 134 valence electrons. The van der Waals surface area contributed by atoms with Gasteiger partial charge < -0.3 is 19.5 Å². The molecule has 24 heavy (non-hydrogen) atoms. The lowest BCUT2D eigenvalue weighted by Crippen LogP contribution is -2.41. The van der Waals surface area contributed by atoms with Crippen molar-refractivity contribution in [2.24, 2.45) is 0 Å². The van der Waals surface area contributed by atoms with E-state index in [1.807, 2.05) is 27.7 Å². The number of aliphatic carboxylic acids is 1. The Morgan fingerprint density at radius 2 is 1.88 bits per heavy atom. The fourth-order valence-corrected chi connectivity index (χ4v) is 2.20. The first kappa shape index (κ1) is 19.8. The van der Waals surface area contributed by atoms with E-state index < -0.39 is 5.97 Å². The van der Waals surface area contributed by atoms with Crippen molar-refractivity contribution in [1.82, 2.24) is 4.90 Å². The van der Waals surface area contributed by atoms with E-state index >= 15 is 0 Å². The molecule has 1 N–H and O–H groups in total. The van der Waals surface area contributed by atoms with Crippen LogP contribution < -0.4 is 9.47 Å². The van der Waals surface area contributed by atoms with Crippen LogP contribution in [-0.2, 0) is 4.79 Å². The summed E-state index contributed by atoms with van der Waals surface area (Å²) in [6.45, 7) is 8.30. The van der Waals surface area contributed by atoms with E-state index in [1.165, 1.54) is 4.90 Å². The van der Waals surface area contributed by atoms with Crippen molar-refractivity contribution in [3.05, 3.63) is 23.8 Å². The van der Waals surface area contributed by atoms with Gasteiger partial charge >= 0.3 is 5.97 Å². The standard InChI is InChI=1S/C18H27NO5/c1-5-10-24-15-9-8-14(11-16(15)23-7-3)18(22)19(12-17(20)21)13(4)6-2/h8-9,11,13H,5-7,10,12H2,1-4H3,(H,20,21). The van der Waals surface area contributed by atoms with Gasteiger partial charge in [0.15, 0.2) is 11.5 Å². The van der Waals surface area contributed by atoms with Crippen LogP contribution in [0.15, 0.2) is 18.2 Å². The van der Waals surface area contributed by atoms with E-state index in [9.17, 15) is 9.59 Å². The Kier molecular flexibility index (Phi) is 8.09. The second kappa shape index (κ2) is 9.80. The third-order valence-corrected chi connectivity index (χ3v) is 3.64. The third kappa shape index (κ3) is 5.44. The van der Waals surface area contributed by atoms with Gasteiger partial charge in [0.1, 0.15) is 6.54 Å². The molecule has 0 bridgehead atoms. The number of carbonyl (C=O) groups is 2. The summed E-state index contributed by atoms with van der Waals surface area (Å²) in [5.74, 6) is -0.272. The third-order valence-electron chi connectivity index (χ3n) is 3.64. The van der Waals surface area contributed by atoms with Crippen LogP contribution in [0.4, 0.5) is 0 Å². The van der Waals surface area contributed by atoms with Gasteiger partial charge in [-0.15, -0.1) is 0 Å². The Balaban J connectivity index is 3.10. The van der Waals surface area contributed by atoms with Gasteiger partial charge in [-0.3, -0.25) is 9.59 Å². The molecular weight excluding hydrogens is 310 g/mol. The zero-order chi connectivity index (χ0) is 18.1. The highest BCUT2D eigenvalue weighted by Crippen LogP contribution is 2.29. The molecule has 1 aromatic carbocycles. The number of amides is 1. The summed E-state index contributed by atoms with van der Waals surface area (Å²) in [7, 11) is 0. The van der Waals surface area contributed by atoms with Crippen LogP contribution in [0.3, 0.4) is 0 Å². The maximum Gasteiger partial charge on any atom is 0.323 e. The molecule has 0 saturated heterocycles. The predicted octanol–water partition coefficient (Wildman–Crippen LogP) is 3.20. The minimum atomic E-state index is -1.03. The molecule has 1 unspecified atom stereocenters. The van der Waals surface area contributed by atoms with Crippen LogP contribution in [-0.4, -0.2) is 47.7 Å². The highest BCUT2D eigenvalue weighted by Gasteiger charge is 2.24. The summed E-state index contributed by atoms with van der Waals surface area (Å²) >= 11 is 0. The number of hydrogen-bond donors (Lipinski definition) is 1. The molecule has 0 heterocycles. The fourth-order valence-electron chi connectivity index (χ4n) is 2.20. The summed E-state index contributed by atoms with van der Waals surface area (Å²) < 4.78 is 11.2. The summed E-state index contributed by atoms with van der Waals surface area (Å²) in [5, 5.41) is 9.07. The molecule has 0 aliphatic carbocycles. The number of rotatable bonds is 10. The maximum absolute atomic E-state index is 12.7. The molecule has 6 heteroatoms. The van der Waals surface area contributed by atoms with Crippen molar-refractivity contribution >= 4 is 11.9 Å². The van der Waals surface area contributed by atoms with Crippen LogP contribution in [0.25, 0.3) is 0 Å². The second-order valence-electron chi connectivity index (χ2n) is 5.53. The van der Waals surface area contributed by atoms with Gasteiger partial charge in [0, 0.05) is 11.6 Å². The molecular formula is C18H27NO5. The first-order valence-corrected chi connectivity index (χ1v) is 8.36. The molecule has 1 atom stereocenters. The van der Waals surface area contributed by atoms with Gasteiger partial charge in [-0.2, -0.15) is 0 Å².